The van der Waals surface area contributed by atoms with E-state index in [1.165, 1.54) is 12.5 Å². The Morgan fingerprint density at radius 1 is 0.886 bits per heavy atom. The van der Waals surface area contributed by atoms with Crippen LogP contribution in [0.3, 0.4) is 0 Å². The number of hydrogen-bond acceptors (Lipinski definition) is 4. The molecule has 1 saturated heterocycles. The zero-order valence-electron chi connectivity index (χ0n) is 18.3. The van der Waals surface area contributed by atoms with Gasteiger partial charge >= 0.3 is 0 Å². The summed E-state index contributed by atoms with van der Waals surface area (Å²) >= 11 is 25.7. The van der Waals surface area contributed by atoms with Gasteiger partial charge in [-0.25, -0.2) is 9.47 Å². The van der Waals surface area contributed by atoms with Crippen molar-refractivity contribution in [3.8, 4) is 0 Å². The summed E-state index contributed by atoms with van der Waals surface area (Å²) in [6.07, 6.45) is 2.86. The van der Waals surface area contributed by atoms with Gasteiger partial charge in [0.05, 0.1) is 19.3 Å². The number of Topliss-reactive ketones (excluding diaryl/α,β-unsaturated/α-hetero) is 1. The Kier molecular flexibility index (Phi) is 6.91. The lowest BCUT2D eigenvalue weighted by Gasteiger charge is -2.51. The first-order valence-electron chi connectivity index (χ1n) is 10.9. The topological polar surface area (TPSA) is 55.1 Å². The molecule has 4 aromatic rings. The lowest BCUT2D eigenvalue weighted by Crippen LogP contribution is -2.67. The van der Waals surface area contributed by atoms with E-state index in [4.69, 9.17) is 50.8 Å². The Balaban J connectivity index is 1.85. The molecule has 3 aromatic carbocycles. The second-order valence-electron chi connectivity index (χ2n) is 8.29. The van der Waals surface area contributed by atoms with Gasteiger partial charge in [0.2, 0.25) is 0 Å². The molecule has 0 amide bonds. The molecule has 35 heavy (non-hydrogen) atoms. The van der Waals surface area contributed by atoms with Gasteiger partial charge in [0, 0.05) is 38.8 Å². The molecule has 0 saturated carbocycles. The van der Waals surface area contributed by atoms with Crippen LogP contribution in [-0.4, -0.2) is 29.9 Å². The largest absolute Gasteiger partial charge is 0.442 e. The van der Waals surface area contributed by atoms with Crippen molar-refractivity contribution >= 4 is 63.6 Å². The van der Waals surface area contributed by atoms with Crippen molar-refractivity contribution in [2.75, 3.05) is 13.1 Å². The number of nitrogens with one attached hydrogen (secondary N) is 1. The highest BCUT2D eigenvalue weighted by molar-refractivity contribution is 6.36. The third kappa shape index (κ3) is 4.38. The van der Waals surface area contributed by atoms with Crippen molar-refractivity contribution in [3.63, 3.8) is 0 Å². The van der Waals surface area contributed by atoms with Crippen LogP contribution in [0.1, 0.15) is 22.3 Å². The first-order valence-corrected chi connectivity index (χ1v) is 12.4. The molecule has 178 valence electrons. The fourth-order valence-corrected chi connectivity index (χ4v) is 5.77. The highest BCUT2D eigenvalue weighted by Crippen LogP contribution is 2.51. The van der Waals surface area contributed by atoms with E-state index in [1.807, 2.05) is 54.6 Å². The Hall–Kier alpha value is -2.38. The van der Waals surface area contributed by atoms with Gasteiger partial charge in [-0.05, 0) is 36.4 Å². The normalized spacial score (nSPS) is 22.2. The molecule has 5 rings (SSSR count). The van der Waals surface area contributed by atoms with Crippen molar-refractivity contribution in [2.45, 2.75) is 12.1 Å². The van der Waals surface area contributed by atoms with Gasteiger partial charge < -0.3 is 9.73 Å². The van der Waals surface area contributed by atoms with Crippen molar-refractivity contribution in [2.24, 2.45) is 0 Å². The zero-order chi connectivity index (χ0) is 24.6. The number of nitrogens with zero attached hydrogens (tertiary/aromatic N) is 2. The molecule has 1 aliphatic rings. The number of aromatic nitrogens is 1. The van der Waals surface area contributed by atoms with Gasteiger partial charge in [0.1, 0.15) is 23.0 Å². The minimum Gasteiger partial charge on any atom is -0.442 e. The maximum atomic E-state index is 14.0. The van der Waals surface area contributed by atoms with Crippen LogP contribution < -0.4 is 9.80 Å². The molecule has 3 atom stereocenters. The summed E-state index contributed by atoms with van der Waals surface area (Å²) in [5.74, 6) is -0.211. The second kappa shape index (κ2) is 9.94. The molecule has 1 aliphatic heterocycles. The minimum absolute atomic E-state index is 0.0371. The number of quaternary nitrogens is 1. The van der Waals surface area contributed by atoms with Crippen molar-refractivity contribution < 1.29 is 9.21 Å². The number of halogens is 4. The zero-order valence-corrected chi connectivity index (χ0v) is 21.3. The highest BCUT2D eigenvalue weighted by atomic mass is 35.5. The number of carbonyl (C=O) groups is 1. The predicted octanol–water partition coefficient (Wildman–Crippen LogP) is 7.52. The van der Waals surface area contributed by atoms with Gasteiger partial charge in [0.15, 0.2) is 11.7 Å². The van der Waals surface area contributed by atoms with E-state index >= 15 is 0 Å². The molecule has 0 bridgehead atoms. The number of benzene rings is 3. The molecule has 1 N–H and O–H groups in total. The summed E-state index contributed by atoms with van der Waals surface area (Å²) in [5.41, 5.74) is 2.54. The van der Waals surface area contributed by atoms with E-state index in [9.17, 15) is 4.79 Å². The van der Waals surface area contributed by atoms with Crippen molar-refractivity contribution in [3.05, 3.63) is 111 Å². The summed E-state index contributed by atoms with van der Waals surface area (Å²) in [6.45, 7) is 0.936. The SMILES string of the molecule is O=C(c1ncco1)C1CNCC(c2ccc(Cl)cc2)[N+]1(c1ccc(Cl)cc1)c1ccc(Cl)cc1Cl. The van der Waals surface area contributed by atoms with Crippen LogP contribution in [0.5, 0.6) is 0 Å². The van der Waals surface area contributed by atoms with Crippen LogP contribution >= 0.6 is 46.4 Å². The first-order chi connectivity index (χ1) is 16.9. The second-order valence-corrected chi connectivity index (χ2v) is 10.0. The molecular formula is C26H20Cl4N3O2+. The van der Waals surface area contributed by atoms with E-state index in [-0.39, 0.29) is 22.2 Å². The third-order valence-electron chi connectivity index (χ3n) is 6.42. The fourth-order valence-electron chi connectivity index (χ4n) is 4.97. The van der Waals surface area contributed by atoms with E-state index < -0.39 is 6.04 Å². The maximum Gasteiger partial charge on any atom is 0.276 e. The molecule has 0 radical (unpaired) electrons. The van der Waals surface area contributed by atoms with Crippen molar-refractivity contribution in [1.29, 1.82) is 0 Å². The average molecular weight is 548 g/mol. The fraction of sp³-hybridized carbons (Fsp3) is 0.154. The molecule has 1 aromatic heterocycles. The van der Waals surface area contributed by atoms with Crippen LogP contribution in [0.25, 0.3) is 0 Å². The Labute approximate surface area is 222 Å². The van der Waals surface area contributed by atoms with Gasteiger partial charge in [-0.3, -0.25) is 4.79 Å². The quantitative estimate of drug-likeness (QED) is 0.207. The van der Waals surface area contributed by atoms with Gasteiger partial charge in [0.25, 0.3) is 11.7 Å². The molecule has 0 aliphatic carbocycles. The van der Waals surface area contributed by atoms with Crippen LogP contribution in [0, 0.1) is 0 Å². The average Bonchev–Trinajstić information content (AvgIpc) is 3.39. The number of piperazine rings is 1. The summed E-state index contributed by atoms with van der Waals surface area (Å²) in [7, 11) is 0. The molecule has 3 unspecified atom stereocenters. The van der Waals surface area contributed by atoms with Crippen LogP contribution in [0.15, 0.2) is 83.6 Å². The number of hydrogen-bond donors (Lipinski definition) is 1. The van der Waals surface area contributed by atoms with Crippen molar-refractivity contribution in [1.82, 2.24) is 14.8 Å². The Morgan fingerprint density at radius 2 is 1.54 bits per heavy atom. The molecule has 0 spiro atoms. The van der Waals surface area contributed by atoms with E-state index in [1.54, 1.807) is 12.1 Å². The van der Waals surface area contributed by atoms with Gasteiger partial charge in [-0.15, -0.1) is 0 Å². The molecule has 2 heterocycles. The smallest absolute Gasteiger partial charge is 0.276 e. The van der Waals surface area contributed by atoms with Gasteiger partial charge in [-0.1, -0.05) is 58.5 Å². The Bertz CT molecular complexity index is 1340. The number of rotatable bonds is 5. The van der Waals surface area contributed by atoms with E-state index in [0.717, 1.165) is 16.9 Å². The third-order valence-corrected chi connectivity index (χ3v) is 7.46. The predicted molar refractivity (Wildman–Crippen MR) is 141 cm³/mol. The van der Waals surface area contributed by atoms with Crippen LogP contribution in [0.4, 0.5) is 11.4 Å². The molecule has 5 nitrogen and oxygen atoms in total. The lowest BCUT2D eigenvalue weighted by molar-refractivity contribution is 0.0757. The monoisotopic (exact) mass is 546 g/mol. The summed E-state index contributed by atoms with van der Waals surface area (Å²) in [4.78, 5) is 18.1. The molecule has 1 fully saturated rings. The highest BCUT2D eigenvalue weighted by Gasteiger charge is 2.56. The van der Waals surface area contributed by atoms with Crippen LogP contribution in [0.2, 0.25) is 20.1 Å². The molecule has 9 heteroatoms. The first kappa shape index (κ1) is 24.3. The number of oxazole rings is 1. The molecular weight excluding hydrogens is 528 g/mol. The summed E-state index contributed by atoms with van der Waals surface area (Å²) < 4.78 is 5.53. The van der Waals surface area contributed by atoms with Gasteiger partial charge in [-0.2, -0.15) is 0 Å². The summed E-state index contributed by atoms with van der Waals surface area (Å²) in [5, 5.41) is 5.60. The standard InChI is InChI=1S/C26H20Cl4N3O2/c27-17-3-1-16(2-4-17)23-14-31-15-24(25(34)26-32-11-12-35-26)33(23,20-8-5-18(28)6-9-20)22-10-7-19(29)13-21(22)30/h1-13,23-24,31H,14-15H2/q+1. The maximum absolute atomic E-state index is 14.0. The van der Waals surface area contributed by atoms with E-state index in [0.29, 0.717) is 33.2 Å². The minimum atomic E-state index is -0.664. The summed E-state index contributed by atoms with van der Waals surface area (Å²) in [6, 6.07) is 19.5. The van der Waals surface area contributed by atoms with Crippen LogP contribution in [-0.2, 0) is 0 Å². The Morgan fingerprint density at radius 3 is 2.17 bits per heavy atom. The number of ketones is 1. The van der Waals surface area contributed by atoms with E-state index in [2.05, 4.69) is 10.3 Å². The number of carbonyl (C=O) groups excluding carboxylic acids is 1. The lowest BCUT2D eigenvalue weighted by atomic mass is 9.90.